The number of halogens is 2. The van der Waals surface area contributed by atoms with Gasteiger partial charge in [0.25, 0.3) is 0 Å². The maximum absolute atomic E-state index is 13.6. The lowest BCUT2D eigenvalue weighted by molar-refractivity contribution is -0.149. The fourth-order valence-electron chi connectivity index (χ4n) is 5.59. The average molecular weight is 456 g/mol. The fraction of sp³-hybridized carbons (Fsp3) is 0.400. The number of aliphatic carboxylic acids is 1. The first-order valence-electron chi connectivity index (χ1n) is 11.1. The molecule has 4 atom stereocenters. The molecule has 33 heavy (non-hydrogen) atoms. The van der Waals surface area contributed by atoms with Crippen LogP contribution in [0.25, 0.3) is 0 Å². The number of benzene rings is 2. The Labute approximate surface area is 190 Å². The molecule has 1 heterocycles. The van der Waals surface area contributed by atoms with Crippen molar-refractivity contribution in [3.63, 3.8) is 0 Å². The molecule has 1 aliphatic heterocycles. The van der Waals surface area contributed by atoms with Gasteiger partial charge in [-0.3, -0.25) is 14.4 Å². The number of carboxylic acids is 1. The molecule has 1 aliphatic carbocycles. The van der Waals surface area contributed by atoms with Crippen molar-refractivity contribution in [1.29, 1.82) is 0 Å². The summed E-state index contributed by atoms with van der Waals surface area (Å²) in [7, 11) is 0. The van der Waals surface area contributed by atoms with Crippen molar-refractivity contribution < 1.29 is 28.3 Å². The minimum Gasteiger partial charge on any atom is -0.480 e. The van der Waals surface area contributed by atoms with Gasteiger partial charge in [0.1, 0.15) is 17.2 Å². The van der Waals surface area contributed by atoms with Gasteiger partial charge in [0.05, 0.1) is 0 Å². The zero-order valence-electron chi connectivity index (χ0n) is 18.2. The highest BCUT2D eigenvalue weighted by molar-refractivity contribution is 6.44. The van der Waals surface area contributed by atoms with Crippen molar-refractivity contribution in [2.75, 3.05) is 11.9 Å². The second kappa shape index (κ2) is 9.02. The predicted octanol–water partition coefficient (Wildman–Crippen LogP) is 3.92. The van der Waals surface area contributed by atoms with Crippen LogP contribution in [0.15, 0.2) is 42.5 Å². The third-order valence-corrected chi connectivity index (χ3v) is 6.86. The quantitative estimate of drug-likeness (QED) is 0.412. The molecule has 4 rings (SSSR count). The van der Waals surface area contributed by atoms with Crippen LogP contribution in [-0.4, -0.2) is 40.8 Å². The minimum absolute atomic E-state index is 0.0513. The number of likely N-dealkylation sites (N-methyl/N-ethyl adjacent to an activating group) is 1. The van der Waals surface area contributed by atoms with E-state index in [2.05, 4.69) is 10.6 Å². The Morgan fingerprint density at radius 2 is 1.82 bits per heavy atom. The molecule has 3 N–H and O–H groups in total. The molecule has 2 aromatic carbocycles. The first kappa shape index (κ1) is 23.0. The number of para-hydroxylation sites is 1. The number of anilines is 1. The van der Waals surface area contributed by atoms with Gasteiger partial charge < -0.3 is 15.7 Å². The van der Waals surface area contributed by atoms with Crippen molar-refractivity contribution in [1.82, 2.24) is 5.32 Å². The van der Waals surface area contributed by atoms with Gasteiger partial charge in [0.2, 0.25) is 11.6 Å². The average Bonchev–Trinajstić information content (AvgIpc) is 3.23. The predicted molar refractivity (Wildman–Crippen MR) is 118 cm³/mol. The minimum atomic E-state index is -1.75. The molecule has 8 heteroatoms. The van der Waals surface area contributed by atoms with E-state index < -0.39 is 52.6 Å². The number of carbonyl (C=O) groups excluding carboxylic acids is 2. The van der Waals surface area contributed by atoms with Crippen molar-refractivity contribution in [2.24, 2.45) is 5.92 Å². The van der Waals surface area contributed by atoms with Crippen LogP contribution in [0.5, 0.6) is 0 Å². The lowest BCUT2D eigenvalue weighted by Gasteiger charge is -2.46. The van der Waals surface area contributed by atoms with E-state index in [0.29, 0.717) is 6.07 Å². The summed E-state index contributed by atoms with van der Waals surface area (Å²) in [5, 5.41) is 17.0. The second-order valence-electron chi connectivity index (χ2n) is 8.80. The first-order valence-corrected chi connectivity index (χ1v) is 11.1. The lowest BCUT2D eigenvalue weighted by atomic mass is 9.65. The normalized spacial score (nSPS) is 23.1. The molecule has 1 fully saturated rings. The molecule has 0 saturated heterocycles. The first-order chi connectivity index (χ1) is 15.8. The second-order valence-corrected chi connectivity index (χ2v) is 8.80. The molecule has 0 spiro atoms. The molecular formula is C25H26F2N2O4. The van der Waals surface area contributed by atoms with E-state index >= 15 is 0 Å². The molecule has 2 aliphatic rings. The number of rotatable bonds is 8. The fourth-order valence-corrected chi connectivity index (χ4v) is 5.59. The molecular weight excluding hydrogens is 430 g/mol. The smallest absolute Gasteiger partial charge is 0.325 e. The molecule has 0 amide bonds. The maximum Gasteiger partial charge on any atom is 0.325 e. The van der Waals surface area contributed by atoms with Crippen molar-refractivity contribution >= 4 is 23.2 Å². The van der Waals surface area contributed by atoms with Crippen LogP contribution in [-0.2, 0) is 9.59 Å². The van der Waals surface area contributed by atoms with E-state index in [9.17, 15) is 28.3 Å². The van der Waals surface area contributed by atoms with E-state index in [4.69, 9.17) is 0 Å². The Bertz CT molecular complexity index is 1090. The molecule has 0 aromatic heterocycles. The van der Waals surface area contributed by atoms with E-state index in [0.717, 1.165) is 42.6 Å². The van der Waals surface area contributed by atoms with Gasteiger partial charge in [-0.25, -0.2) is 8.78 Å². The van der Waals surface area contributed by atoms with Crippen LogP contribution in [0.3, 0.4) is 0 Å². The van der Waals surface area contributed by atoms with Crippen LogP contribution in [0, 0.1) is 17.6 Å². The highest BCUT2D eigenvalue weighted by Crippen LogP contribution is 2.51. The monoisotopic (exact) mass is 456 g/mol. The van der Waals surface area contributed by atoms with Crippen LogP contribution in [0.2, 0.25) is 0 Å². The lowest BCUT2D eigenvalue weighted by Crippen LogP contribution is -2.61. The molecule has 2 aromatic rings. The number of carbonyl (C=O) groups is 3. The number of nitrogens with one attached hydrogen (secondary N) is 2. The standard InChI is InChI=1S/C25H26F2N2O4/c1-2-28-25(24(32)33,13-21(30)23(31)14-10-15(26)12-16(27)11-14)22-17-6-3-4-8-19(17)29-20-9-5-7-18(20)22/h3-4,6,8,10-12,18,20,22,28-29H,2,5,7,9,13H2,1H3,(H,32,33). The number of ketones is 2. The number of fused-ring (bicyclic) bond motifs is 2. The summed E-state index contributed by atoms with van der Waals surface area (Å²) in [6.45, 7) is 2.00. The van der Waals surface area contributed by atoms with Gasteiger partial charge in [0, 0.05) is 35.7 Å². The third-order valence-electron chi connectivity index (χ3n) is 6.86. The topological polar surface area (TPSA) is 95.5 Å². The number of hydrogen-bond acceptors (Lipinski definition) is 5. The summed E-state index contributed by atoms with van der Waals surface area (Å²) in [5.41, 5.74) is -0.585. The van der Waals surface area contributed by atoms with Gasteiger partial charge in [0.15, 0.2) is 0 Å². The van der Waals surface area contributed by atoms with Crippen LogP contribution in [0.1, 0.15) is 54.4 Å². The van der Waals surface area contributed by atoms with Gasteiger partial charge in [-0.2, -0.15) is 0 Å². The summed E-state index contributed by atoms with van der Waals surface area (Å²) >= 11 is 0. The highest BCUT2D eigenvalue weighted by Gasteiger charge is 2.55. The van der Waals surface area contributed by atoms with Crippen LogP contribution in [0.4, 0.5) is 14.5 Å². The molecule has 4 unspecified atom stereocenters. The van der Waals surface area contributed by atoms with Crippen molar-refractivity contribution in [3.8, 4) is 0 Å². The molecule has 0 radical (unpaired) electrons. The number of Topliss-reactive ketones (excluding diaryl/α,β-unsaturated/α-hetero) is 2. The SMILES string of the molecule is CCNC(CC(=O)C(=O)c1cc(F)cc(F)c1)(C(=O)O)C1c2ccccc2NC2CCCC21. The van der Waals surface area contributed by atoms with Gasteiger partial charge >= 0.3 is 5.97 Å². The Kier molecular flexibility index (Phi) is 6.30. The van der Waals surface area contributed by atoms with Crippen molar-refractivity contribution in [3.05, 3.63) is 65.2 Å². The Morgan fingerprint density at radius 1 is 1.12 bits per heavy atom. The summed E-state index contributed by atoms with van der Waals surface area (Å²) in [5.74, 6) is -5.93. The molecule has 174 valence electrons. The zero-order chi connectivity index (χ0) is 23.8. The summed E-state index contributed by atoms with van der Waals surface area (Å²) in [6, 6.07) is 9.66. The Hall–Kier alpha value is -3.13. The van der Waals surface area contributed by atoms with Gasteiger partial charge in [-0.05, 0) is 49.1 Å². The Morgan fingerprint density at radius 3 is 2.48 bits per heavy atom. The van der Waals surface area contributed by atoms with E-state index in [1.807, 2.05) is 24.3 Å². The maximum atomic E-state index is 13.6. The summed E-state index contributed by atoms with van der Waals surface area (Å²) < 4.78 is 27.2. The van der Waals surface area contributed by atoms with E-state index in [-0.39, 0.29) is 18.5 Å². The highest BCUT2D eigenvalue weighted by atomic mass is 19.1. The van der Waals surface area contributed by atoms with Gasteiger partial charge in [-0.15, -0.1) is 0 Å². The van der Waals surface area contributed by atoms with Crippen LogP contribution >= 0.6 is 0 Å². The largest absolute Gasteiger partial charge is 0.480 e. The van der Waals surface area contributed by atoms with E-state index in [1.54, 1.807) is 6.92 Å². The van der Waals surface area contributed by atoms with Crippen molar-refractivity contribution in [2.45, 2.75) is 50.1 Å². The van der Waals surface area contributed by atoms with E-state index in [1.165, 1.54) is 0 Å². The number of carboxylic acid groups (broad SMARTS) is 1. The molecule has 0 bridgehead atoms. The zero-order valence-corrected chi connectivity index (χ0v) is 18.2. The number of hydrogen-bond donors (Lipinski definition) is 3. The van der Waals surface area contributed by atoms with Gasteiger partial charge in [-0.1, -0.05) is 31.5 Å². The Balaban J connectivity index is 1.77. The molecule has 6 nitrogen and oxygen atoms in total. The summed E-state index contributed by atoms with van der Waals surface area (Å²) in [4.78, 5) is 38.7. The summed E-state index contributed by atoms with van der Waals surface area (Å²) in [6.07, 6.45) is 1.96. The van der Waals surface area contributed by atoms with Crippen LogP contribution < -0.4 is 10.6 Å². The molecule has 1 saturated carbocycles. The third kappa shape index (κ3) is 4.15.